The van der Waals surface area contributed by atoms with Crippen molar-refractivity contribution < 1.29 is 23.1 Å². The Bertz CT molecular complexity index is 1250. The Balaban J connectivity index is 1.37. The van der Waals surface area contributed by atoms with Crippen molar-refractivity contribution in [1.82, 2.24) is 20.5 Å². The van der Waals surface area contributed by atoms with Crippen LogP contribution in [-0.2, 0) is 6.54 Å². The van der Waals surface area contributed by atoms with Crippen molar-refractivity contribution in [3.8, 4) is 0 Å². The quantitative estimate of drug-likeness (QED) is 0.458. The van der Waals surface area contributed by atoms with Gasteiger partial charge in [-0.05, 0) is 38.3 Å². The number of H-pyrrole nitrogens is 1. The number of aliphatic imine (C=N–C) groups is 1. The highest BCUT2D eigenvalue weighted by atomic mass is 32.1. The van der Waals surface area contributed by atoms with Gasteiger partial charge in [-0.25, -0.2) is 13.2 Å². The molecular formula is C24H24F3N5O2S. The zero-order valence-corrected chi connectivity index (χ0v) is 19.7. The molecular weight excluding hydrogens is 479 g/mol. The first kappa shape index (κ1) is 24.8. The summed E-state index contributed by atoms with van der Waals surface area (Å²) in [5.41, 5.74) is 0.741. The summed E-state index contributed by atoms with van der Waals surface area (Å²) in [6, 6.07) is 2.25. The van der Waals surface area contributed by atoms with Crippen molar-refractivity contribution in [2.24, 2.45) is 4.99 Å². The summed E-state index contributed by atoms with van der Waals surface area (Å²) in [6.45, 7) is 2.87. The summed E-state index contributed by atoms with van der Waals surface area (Å²) in [5.74, 6) is -3.84. The van der Waals surface area contributed by atoms with Crippen molar-refractivity contribution in [3.63, 3.8) is 0 Å². The fraction of sp³-hybridized carbons (Fsp3) is 0.333. The van der Waals surface area contributed by atoms with Gasteiger partial charge in [0.1, 0.15) is 39.3 Å². The van der Waals surface area contributed by atoms with Crippen LogP contribution in [0, 0.1) is 17.5 Å². The third kappa shape index (κ3) is 6.04. The summed E-state index contributed by atoms with van der Waals surface area (Å²) in [4.78, 5) is 19.7. The molecule has 0 spiro atoms. The standard InChI is InChI=1S/C24H24F3N5O2S/c1-13-3-2-4-14(10-28-6-5-13)24-32-31-20(35-24)12-30-23(34)19-7-15(11-29-19)22(33)21-17(26)8-16(25)9-18(21)27/h5-9,11,14,22,29,33H,2-4,10,12H2,1H3,(H,30,34). The van der Waals surface area contributed by atoms with Gasteiger partial charge in [0.25, 0.3) is 5.91 Å². The van der Waals surface area contributed by atoms with E-state index < -0.39 is 35.0 Å². The second kappa shape index (κ2) is 11.0. The van der Waals surface area contributed by atoms with Gasteiger partial charge in [0.05, 0.1) is 12.1 Å². The fourth-order valence-electron chi connectivity index (χ4n) is 3.81. The Hall–Kier alpha value is -3.31. The number of halogens is 3. The molecule has 7 nitrogen and oxygen atoms in total. The lowest BCUT2D eigenvalue weighted by Crippen LogP contribution is -2.23. The van der Waals surface area contributed by atoms with Gasteiger partial charge < -0.3 is 15.4 Å². The van der Waals surface area contributed by atoms with Crippen molar-refractivity contribution in [2.75, 3.05) is 6.54 Å². The number of benzene rings is 1. The average molecular weight is 504 g/mol. The molecule has 1 amide bonds. The molecule has 0 bridgehead atoms. The number of aromatic nitrogens is 3. The number of aliphatic hydroxyl groups excluding tert-OH is 1. The molecule has 3 aromatic rings. The van der Waals surface area contributed by atoms with Crippen molar-refractivity contribution >= 4 is 23.5 Å². The molecule has 1 aromatic carbocycles. The molecule has 1 aliphatic heterocycles. The summed E-state index contributed by atoms with van der Waals surface area (Å²) in [6.07, 6.45) is 6.41. The molecule has 0 aliphatic carbocycles. The Kier molecular flexibility index (Phi) is 7.76. The van der Waals surface area contributed by atoms with E-state index in [1.807, 2.05) is 12.3 Å². The predicted molar refractivity (Wildman–Crippen MR) is 126 cm³/mol. The number of allylic oxidation sites excluding steroid dienone is 2. The number of carbonyl (C=O) groups excluding carboxylic acids is 1. The minimum absolute atomic E-state index is 0.0586. The first-order valence-electron chi connectivity index (χ1n) is 11.1. The highest BCUT2D eigenvalue weighted by Gasteiger charge is 2.23. The number of rotatable bonds is 6. The van der Waals surface area contributed by atoms with Gasteiger partial charge in [0.2, 0.25) is 0 Å². The third-order valence-electron chi connectivity index (χ3n) is 5.73. The largest absolute Gasteiger partial charge is 0.383 e. The Labute approximate surface area is 203 Å². The molecule has 184 valence electrons. The Morgan fingerprint density at radius 3 is 2.80 bits per heavy atom. The van der Waals surface area contributed by atoms with Crippen LogP contribution in [0.4, 0.5) is 13.2 Å². The molecule has 0 saturated heterocycles. The van der Waals surface area contributed by atoms with Gasteiger partial charge in [0.15, 0.2) is 0 Å². The number of nitrogens with zero attached hydrogens (tertiary/aromatic N) is 3. The molecule has 4 rings (SSSR count). The highest BCUT2D eigenvalue weighted by molar-refractivity contribution is 7.11. The van der Waals surface area contributed by atoms with Crippen LogP contribution in [0.2, 0.25) is 0 Å². The molecule has 1 aliphatic rings. The Morgan fingerprint density at radius 1 is 1.26 bits per heavy atom. The zero-order valence-electron chi connectivity index (χ0n) is 18.9. The van der Waals surface area contributed by atoms with E-state index in [1.54, 1.807) is 0 Å². The van der Waals surface area contributed by atoms with Gasteiger partial charge >= 0.3 is 0 Å². The first-order valence-corrected chi connectivity index (χ1v) is 11.9. The number of hydrogen-bond acceptors (Lipinski definition) is 6. The van der Waals surface area contributed by atoms with Crippen molar-refractivity contribution in [3.05, 3.63) is 80.3 Å². The summed E-state index contributed by atoms with van der Waals surface area (Å²) >= 11 is 1.42. The summed E-state index contributed by atoms with van der Waals surface area (Å²) in [7, 11) is 0. The minimum Gasteiger partial charge on any atom is -0.383 e. The smallest absolute Gasteiger partial charge is 0.268 e. The molecule has 3 heterocycles. The second-order valence-corrected chi connectivity index (χ2v) is 9.46. The van der Waals surface area contributed by atoms with E-state index in [2.05, 4.69) is 32.4 Å². The first-order chi connectivity index (χ1) is 16.8. The van der Waals surface area contributed by atoms with E-state index in [4.69, 9.17) is 0 Å². The average Bonchev–Trinajstić information content (AvgIpc) is 3.49. The van der Waals surface area contributed by atoms with Gasteiger partial charge in [0, 0.05) is 42.6 Å². The van der Waals surface area contributed by atoms with Crippen LogP contribution >= 0.6 is 11.3 Å². The number of nitrogens with one attached hydrogen (secondary N) is 2. The molecule has 0 fully saturated rings. The maximum Gasteiger partial charge on any atom is 0.268 e. The molecule has 2 atom stereocenters. The monoisotopic (exact) mass is 503 g/mol. The SMILES string of the molecule is CC1=CC=NCC(c2nnc(CNC(=O)c3cc(C(O)c4c(F)cc(F)cc4F)c[nH]3)s2)CCC1. The topological polar surface area (TPSA) is 103 Å². The maximum absolute atomic E-state index is 14.0. The maximum atomic E-state index is 14.0. The van der Waals surface area contributed by atoms with Gasteiger partial charge in [-0.15, -0.1) is 10.2 Å². The number of hydrogen-bond donors (Lipinski definition) is 3. The molecule has 2 unspecified atom stereocenters. The lowest BCUT2D eigenvalue weighted by Gasteiger charge is -2.11. The normalized spacial score (nSPS) is 17.3. The van der Waals surface area contributed by atoms with Crippen LogP contribution in [0.1, 0.15) is 69.8 Å². The van der Waals surface area contributed by atoms with Crippen LogP contribution < -0.4 is 5.32 Å². The molecule has 2 aromatic heterocycles. The van der Waals surface area contributed by atoms with Crippen LogP contribution in [0.3, 0.4) is 0 Å². The fourth-order valence-corrected chi connectivity index (χ4v) is 4.72. The van der Waals surface area contributed by atoms with E-state index in [0.29, 0.717) is 23.7 Å². The molecule has 0 radical (unpaired) electrons. The molecule has 3 N–H and O–H groups in total. The lowest BCUT2D eigenvalue weighted by molar-refractivity contribution is 0.0946. The second-order valence-electron chi connectivity index (χ2n) is 8.37. The van der Waals surface area contributed by atoms with Gasteiger partial charge in [-0.1, -0.05) is 16.9 Å². The van der Waals surface area contributed by atoms with E-state index >= 15 is 0 Å². The van der Waals surface area contributed by atoms with Crippen LogP contribution in [0.25, 0.3) is 0 Å². The van der Waals surface area contributed by atoms with E-state index in [-0.39, 0.29) is 23.7 Å². The van der Waals surface area contributed by atoms with Gasteiger partial charge in [-0.3, -0.25) is 9.79 Å². The van der Waals surface area contributed by atoms with Crippen LogP contribution in [0.15, 0.2) is 41.0 Å². The molecule has 35 heavy (non-hydrogen) atoms. The van der Waals surface area contributed by atoms with Crippen molar-refractivity contribution in [2.45, 2.75) is 44.8 Å². The molecule has 11 heteroatoms. The van der Waals surface area contributed by atoms with Gasteiger partial charge in [-0.2, -0.15) is 0 Å². The van der Waals surface area contributed by atoms with E-state index in [0.717, 1.165) is 24.3 Å². The number of aromatic amines is 1. The third-order valence-corrected chi connectivity index (χ3v) is 6.81. The highest BCUT2D eigenvalue weighted by Crippen LogP contribution is 2.29. The number of aliphatic hydroxyl groups is 1. The lowest BCUT2D eigenvalue weighted by atomic mass is 10.0. The number of carbonyl (C=O) groups is 1. The van der Waals surface area contributed by atoms with Crippen molar-refractivity contribution in [1.29, 1.82) is 0 Å². The zero-order chi connectivity index (χ0) is 24.9. The van der Waals surface area contributed by atoms with E-state index in [1.165, 1.54) is 29.2 Å². The van der Waals surface area contributed by atoms with E-state index in [9.17, 15) is 23.1 Å². The number of amides is 1. The summed E-state index contributed by atoms with van der Waals surface area (Å²) in [5, 5.41) is 23.0. The van der Waals surface area contributed by atoms with Crippen LogP contribution in [0.5, 0.6) is 0 Å². The predicted octanol–water partition coefficient (Wildman–Crippen LogP) is 4.58. The summed E-state index contributed by atoms with van der Waals surface area (Å²) < 4.78 is 41.1. The minimum atomic E-state index is -1.71. The van der Waals surface area contributed by atoms with Crippen LogP contribution in [-0.4, -0.2) is 39.0 Å². The molecule has 0 saturated carbocycles. The Morgan fingerprint density at radius 2 is 2.03 bits per heavy atom.